The smallest absolute Gasteiger partial charge is 0.230 e. The lowest BCUT2D eigenvalue weighted by Crippen LogP contribution is -2.43. The minimum Gasteiger partial charge on any atom is -0.378 e. The summed E-state index contributed by atoms with van der Waals surface area (Å²) in [4.78, 5) is 14.9. The molecule has 1 amide bonds. The number of hydrogen-bond donors (Lipinski definition) is 0. The number of amides is 1. The van der Waals surface area contributed by atoms with Crippen molar-refractivity contribution in [3.63, 3.8) is 0 Å². The number of benzene rings is 2. The van der Waals surface area contributed by atoms with Crippen molar-refractivity contribution in [3.8, 4) is 0 Å². The van der Waals surface area contributed by atoms with E-state index >= 15 is 0 Å². The normalized spacial score (nSPS) is 16.3. The zero-order chi connectivity index (χ0) is 15.2. The first-order valence-corrected chi connectivity index (χ1v) is 7.80. The van der Waals surface area contributed by atoms with E-state index in [1.807, 2.05) is 53.4 Å². The number of carbonyl (C=O) groups excluding carboxylic acids is 1. The fourth-order valence-corrected chi connectivity index (χ4v) is 2.89. The highest BCUT2D eigenvalue weighted by molar-refractivity contribution is 5.84. The minimum absolute atomic E-state index is 0.123. The fourth-order valence-electron chi connectivity index (χ4n) is 2.89. The van der Waals surface area contributed by atoms with Gasteiger partial charge in [0.25, 0.3) is 0 Å². The van der Waals surface area contributed by atoms with E-state index in [1.165, 1.54) is 5.56 Å². The molecule has 0 radical (unpaired) electrons. The van der Waals surface area contributed by atoms with Gasteiger partial charge in [-0.25, -0.2) is 0 Å². The SMILES string of the molecule is O=C(C(Cc1ccccc1)c1ccccc1)N1CCOCC1. The lowest BCUT2D eigenvalue weighted by atomic mass is 9.90. The van der Waals surface area contributed by atoms with Gasteiger partial charge in [-0.1, -0.05) is 60.7 Å². The van der Waals surface area contributed by atoms with Crippen molar-refractivity contribution >= 4 is 5.91 Å². The molecule has 3 rings (SSSR count). The van der Waals surface area contributed by atoms with Crippen molar-refractivity contribution in [2.45, 2.75) is 12.3 Å². The van der Waals surface area contributed by atoms with Gasteiger partial charge >= 0.3 is 0 Å². The van der Waals surface area contributed by atoms with Crippen LogP contribution in [0.15, 0.2) is 60.7 Å². The van der Waals surface area contributed by atoms with E-state index in [0.29, 0.717) is 26.3 Å². The molecular weight excluding hydrogens is 274 g/mol. The Labute approximate surface area is 131 Å². The van der Waals surface area contributed by atoms with Crippen LogP contribution in [0.25, 0.3) is 0 Å². The molecule has 0 aliphatic carbocycles. The fraction of sp³-hybridized carbons (Fsp3) is 0.316. The van der Waals surface area contributed by atoms with Crippen LogP contribution in [0, 0.1) is 0 Å². The standard InChI is InChI=1S/C19H21NO2/c21-19(20-11-13-22-14-12-20)18(17-9-5-2-6-10-17)15-16-7-3-1-4-8-16/h1-10,18H,11-15H2. The molecule has 0 saturated carbocycles. The van der Waals surface area contributed by atoms with Gasteiger partial charge in [0, 0.05) is 13.1 Å². The number of hydrogen-bond acceptors (Lipinski definition) is 2. The molecule has 1 unspecified atom stereocenters. The average Bonchev–Trinajstić information content (AvgIpc) is 2.61. The summed E-state index contributed by atoms with van der Waals surface area (Å²) >= 11 is 0. The van der Waals surface area contributed by atoms with Gasteiger partial charge in [-0.15, -0.1) is 0 Å². The zero-order valence-electron chi connectivity index (χ0n) is 12.7. The highest BCUT2D eigenvalue weighted by Gasteiger charge is 2.27. The Hall–Kier alpha value is -2.13. The van der Waals surface area contributed by atoms with Crippen LogP contribution in [0.5, 0.6) is 0 Å². The van der Waals surface area contributed by atoms with Gasteiger partial charge in [0.1, 0.15) is 0 Å². The zero-order valence-corrected chi connectivity index (χ0v) is 12.7. The molecule has 3 nitrogen and oxygen atoms in total. The van der Waals surface area contributed by atoms with Gasteiger partial charge in [0.15, 0.2) is 0 Å². The molecule has 1 atom stereocenters. The summed E-state index contributed by atoms with van der Waals surface area (Å²) in [6.45, 7) is 2.66. The lowest BCUT2D eigenvalue weighted by molar-refractivity contribution is -0.136. The molecule has 1 fully saturated rings. The second-order valence-corrected chi connectivity index (χ2v) is 5.59. The maximum Gasteiger partial charge on any atom is 0.230 e. The Bertz CT molecular complexity index is 591. The molecule has 0 bridgehead atoms. The predicted octanol–water partition coefficient (Wildman–Crippen LogP) is 2.87. The van der Waals surface area contributed by atoms with Crippen molar-refractivity contribution in [1.29, 1.82) is 0 Å². The molecule has 1 aliphatic rings. The monoisotopic (exact) mass is 295 g/mol. The Balaban J connectivity index is 1.84. The summed E-state index contributed by atoms with van der Waals surface area (Å²) in [5.74, 6) is 0.0834. The number of rotatable bonds is 4. The number of ether oxygens (including phenoxy) is 1. The second-order valence-electron chi connectivity index (χ2n) is 5.59. The number of carbonyl (C=O) groups is 1. The molecule has 1 heterocycles. The molecule has 22 heavy (non-hydrogen) atoms. The third kappa shape index (κ3) is 3.55. The molecule has 0 spiro atoms. The average molecular weight is 295 g/mol. The summed E-state index contributed by atoms with van der Waals surface area (Å²) in [7, 11) is 0. The molecule has 0 aromatic heterocycles. The summed E-state index contributed by atoms with van der Waals surface area (Å²) in [6, 6.07) is 20.3. The first-order valence-electron chi connectivity index (χ1n) is 7.80. The second kappa shape index (κ2) is 7.23. The lowest BCUT2D eigenvalue weighted by Gasteiger charge is -2.30. The molecule has 0 N–H and O–H groups in total. The Kier molecular flexibility index (Phi) is 4.86. The van der Waals surface area contributed by atoms with Crippen molar-refractivity contribution in [3.05, 3.63) is 71.8 Å². The van der Waals surface area contributed by atoms with E-state index in [9.17, 15) is 4.79 Å². The van der Waals surface area contributed by atoms with Crippen LogP contribution in [0.4, 0.5) is 0 Å². The highest BCUT2D eigenvalue weighted by Crippen LogP contribution is 2.24. The van der Waals surface area contributed by atoms with Crippen molar-refractivity contribution < 1.29 is 9.53 Å². The number of morpholine rings is 1. The van der Waals surface area contributed by atoms with Crippen molar-refractivity contribution in [2.75, 3.05) is 26.3 Å². The van der Waals surface area contributed by atoms with Crippen LogP contribution in [0.2, 0.25) is 0 Å². The molecular formula is C19H21NO2. The first-order chi connectivity index (χ1) is 10.8. The summed E-state index contributed by atoms with van der Waals surface area (Å²) < 4.78 is 5.36. The largest absolute Gasteiger partial charge is 0.378 e. The van der Waals surface area contributed by atoms with Gasteiger partial charge in [-0.2, -0.15) is 0 Å². The third-order valence-electron chi connectivity index (χ3n) is 4.11. The third-order valence-corrected chi connectivity index (χ3v) is 4.11. The van der Waals surface area contributed by atoms with E-state index in [2.05, 4.69) is 12.1 Å². The molecule has 1 aliphatic heterocycles. The van der Waals surface area contributed by atoms with Crippen LogP contribution in [-0.4, -0.2) is 37.1 Å². The minimum atomic E-state index is -0.123. The quantitative estimate of drug-likeness (QED) is 0.868. The van der Waals surface area contributed by atoms with Gasteiger partial charge in [-0.05, 0) is 17.5 Å². The van der Waals surface area contributed by atoms with Crippen LogP contribution in [-0.2, 0) is 16.0 Å². The van der Waals surface area contributed by atoms with E-state index in [0.717, 1.165) is 12.0 Å². The Morgan fingerprint density at radius 2 is 1.55 bits per heavy atom. The molecule has 1 saturated heterocycles. The molecule has 2 aromatic carbocycles. The van der Waals surface area contributed by atoms with Crippen LogP contribution in [0.3, 0.4) is 0 Å². The van der Waals surface area contributed by atoms with E-state index in [1.54, 1.807) is 0 Å². The van der Waals surface area contributed by atoms with Crippen molar-refractivity contribution in [1.82, 2.24) is 4.90 Å². The first kappa shape index (κ1) is 14.8. The summed E-state index contributed by atoms with van der Waals surface area (Å²) in [5.41, 5.74) is 2.28. The summed E-state index contributed by atoms with van der Waals surface area (Å²) in [5, 5.41) is 0. The maximum absolute atomic E-state index is 13.0. The van der Waals surface area contributed by atoms with Gasteiger partial charge in [0.2, 0.25) is 5.91 Å². The molecule has 3 heteroatoms. The molecule has 114 valence electrons. The van der Waals surface area contributed by atoms with E-state index in [-0.39, 0.29) is 11.8 Å². The maximum atomic E-state index is 13.0. The predicted molar refractivity (Wildman–Crippen MR) is 86.7 cm³/mol. The highest BCUT2D eigenvalue weighted by atomic mass is 16.5. The topological polar surface area (TPSA) is 29.5 Å². The van der Waals surface area contributed by atoms with Crippen LogP contribution >= 0.6 is 0 Å². The Morgan fingerprint density at radius 1 is 0.955 bits per heavy atom. The molecule has 2 aromatic rings. The van der Waals surface area contributed by atoms with Crippen LogP contribution in [0.1, 0.15) is 17.0 Å². The summed E-state index contributed by atoms with van der Waals surface area (Å²) in [6.07, 6.45) is 0.737. The van der Waals surface area contributed by atoms with Gasteiger partial charge < -0.3 is 9.64 Å². The van der Waals surface area contributed by atoms with Gasteiger partial charge in [0.05, 0.1) is 19.1 Å². The Morgan fingerprint density at radius 3 is 2.18 bits per heavy atom. The number of nitrogens with zero attached hydrogens (tertiary/aromatic N) is 1. The van der Waals surface area contributed by atoms with Gasteiger partial charge in [-0.3, -0.25) is 4.79 Å². The van der Waals surface area contributed by atoms with Crippen LogP contribution < -0.4 is 0 Å². The van der Waals surface area contributed by atoms with E-state index < -0.39 is 0 Å². The van der Waals surface area contributed by atoms with E-state index in [4.69, 9.17) is 4.74 Å². The van der Waals surface area contributed by atoms with Crippen molar-refractivity contribution in [2.24, 2.45) is 0 Å².